The minimum atomic E-state index is -3.87. The number of nitrogens with two attached hydrogens (primary N) is 2. The topological polar surface area (TPSA) is 120 Å². The second-order valence-electron chi connectivity index (χ2n) is 4.92. The Kier molecular flexibility index (Phi) is 5.91. The number of fused-ring (bicyclic) bond motifs is 1. The summed E-state index contributed by atoms with van der Waals surface area (Å²) >= 11 is 0. The molecule has 2 aliphatic carbocycles. The molecular formula is C14H20N2O6S2+4. The molecule has 0 bridgehead atoms. The molecule has 0 aliphatic heterocycles. The normalized spacial score (nSPS) is 17.6. The molecule has 4 N–H and O–H groups in total. The summed E-state index contributed by atoms with van der Waals surface area (Å²) in [6.45, 7) is 4.44. The highest BCUT2D eigenvalue weighted by molar-refractivity contribution is 7.91. The van der Waals surface area contributed by atoms with Crippen LogP contribution in [0.15, 0.2) is 45.3 Å². The number of quaternary nitrogens is 2. The first-order valence-electron chi connectivity index (χ1n) is 7.34. The van der Waals surface area contributed by atoms with Gasteiger partial charge in [-0.25, -0.2) is 0 Å². The van der Waals surface area contributed by atoms with Crippen LogP contribution in [0.3, 0.4) is 0 Å². The minimum absolute atomic E-state index is 0.00544. The molecule has 10 heteroatoms. The lowest BCUT2D eigenvalue weighted by Crippen LogP contribution is -2.83. The summed E-state index contributed by atoms with van der Waals surface area (Å²) in [5.41, 5.74) is 3.57. The first-order valence-corrected chi connectivity index (χ1v) is 10.2. The van der Waals surface area contributed by atoms with E-state index in [0.717, 1.165) is 0 Å². The maximum absolute atomic E-state index is 12.0. The fraction of sp³-hybridized carbons (Fsp3) is 0.286. The van der Waals surface area contributed by atoms with Gasteiger partial charge in [0.25, 0.3) is 0 Å². The van der Waals surface area contributed by atoms with Gasteiger partial charge in [-0.15, -0.1) is 0 Å². The summed E-state index contributed by atoms with van der Waals surface area (Å²) < 4.78 is 57.5. The van der Waals surface area contributed by atoms with Gasteiger partial charge in [0, 0.05) is 0 Å². The van der Waals surface area contributed by atoms with Crippen molar-refractivity contribution >= 4 is 20.2 Å². The third-order valence-electron chi connectivity index (χ3n) is 3.08. The molecule has 0 atom stereocenters. The van der Waals surface area contributed by atoms with E-state index in [9.17, 15) is 16.8 Å². The van der Waals surface area contributed by atoms with E-state index >= 15 is 0 Å². The van der Waals surface area contributed by atoms with Gasteiger partial charge in [0.2, 0.25) is 9.81 Å². The Labute approximate surface area is 142 Å². The van der Waals surface area contributed by atoms with E-state index in [0.29, 0.717) is 24.2 Å². The SMILES string of the molecule is CC[NH2+]OS(=O)(=O)C1=C[CH+]C2=CC(S(=O)(=O)O[NH2+]CC)=C[CH+]C2=C1. The largest absolute Gasteiger partial charge is 0.386 e. The average molecular weight is 376 g/mol. The van der Waals surface area contributed by atoms with Crippen molar-refractivity contribution in [1.82, 2.24) is 0 Å². The van der Waals surface area contributed by atoms with Crippen LogP contribution >= 0.6 is 0 Å². The smallest absolute Gasteiger partial charge is 0.181 e. The van der Waals surface area contributed by atoms with Crippen molar-refractivity contribution in [1.29, 1.82) is 0 Å². The van der Waals surface area contributed by atoms with E-state index in [4.69, 9.17) is 8.57 Å². The number of hydrogen-bond acceptors (Lipinski definition) is 6. The molecule has 24 heavy (non-hydrogen) atoms. The molecule has 0 fully saturated rings. The van der Waals surface area contributed by atoms with Gasteiger partial charge >= 0.3 is 20.2 Å². The van der Waals surface area contributed by atoms with Crippen LogP contribution in [0, 0.1) is 12.8 Å². The molecule has 0 saturated carbocycles. The van der Waals surface area contributed by atoms with Crippen LogP contribution in [-0.2, 0) is 28.8 Å². The van der Waals surface area contributed by atoms with Gasteiger partial charge in [-0.2, -0.15) is 27.8 Å². The van der Waals surface area contributed by atoms with Crippen molar-refractivity contribution in [2.75, 3.05) is 13.1 Å². The molecule has 8 nitrogen and oxygen atoms in total. The van der Waals surface area contributed by atoms with E-state index < -0.39 is 20.2 Å². The molecule has 130 valence electrons. The molecule has 2 rings (SSSR count). The number of hydrogen-bond donors (Lipinski definition) is 2. The van der Waals surface area contributed by atoms with Gasteiger partial charge < -0.3 is 0 Å². The number of rotatable bonds is 8. The summed E-state index contributed by atoms with van der Waals surface area (Å²) in [5, 5.41) is 0. The van der Waals surface area contributed by atoms with Crippen molar-refractivity contribution in [3.05, 3.63) is 58.1 Å². The first kappa shape index (κ1) is 18.8. The summed E-state index contributed by atoms with van der Waals surface area (Å²) in [5.74, 6) is 0. The van der Waals surface area contributed by atoms with E-state index in [-0.39, 0.29) is 9.81 Å². The van der Waals surface area contributed by atoms with Gasteiger partial charge in [-0.3, -0.25) is 0 Å². The van der Waals surface area contributed by atoms with Crippen LogP contribution in [0.25, 0.3) is 0 Å². The van der Waals surface area contributed by atoms with Crippen molar-refractivity contribution in [3.8, 4) is 0 Å². The zero-order chi connectivity index (χ0) is 17.8. The molecule has 0 spiro atoms. The van der Waals surface area contributed by atoms with Gasteiger partial charge in [-0.1, -0.05) is 8.57 Å². The Bertz CT molecular complexity index is 749. The zero-order valence-corrected chi connectivity index (χ0v) is 14.9. The molecule has 2 aliphatic rings. The molecule has 0 radical (unpaired) electrons. The highest BCUT2D eigenvalue weighted by Crippen LogP contribution is 2.33. The van der Waals surface area contributed by atoms with Gasteiger partial charge in [-0.05, 0) is 13.8 Å². The molecular weight excluding hydrogens is 356 g/mol. The van der Waals surface area contributed by atoms with Crippen LogP contribution in [-0.4, -0.2) is 29.9 Å². The third-order valence-corrected chi connectivity index (χ3v) is 5.52. The van der Waals surface area contributed by atoms with E-state index in [2.05, 4.69) is 0 Å². The Morgan fingerprint density at radius 2 is 1.21 bits per heavy atom. The first-order chi connectivity index (χ1) is 11.3. The molecule has 0 amide bonds. The van der Waals surface area contributed by atoms with Crippen LogP contribution in [0.4, 0.5) is 0 Å². The molecule has 0 heterocycles. The summed E-state index contributed by atoms with van der Waals surface area (Å²) in [7, 11) is -7.74. The predicted molar refractivity (Wildman–Crippen MR) is 85.9 cm³/mol. The second kappa shape index (κ2) is 7.55. The Hall–Kier alpha value is -1.56. The summed E-state index contributed by atoms with van der Waals surface area (Å²) in [4.78, 5) is 0.0109. The zero-order valence-electron chi connectivity index (χ0n) is 13.3. The Balaban J connectivity index is 2.18. The Morgan fingerprint density at radius 3 is 1.54 bits per heavy atom. The predicted octanol–water partition coefficient (Wildman–Crippen LogP) is -1.27. The minimum Gasteiger partial charge on any atom is -0.181 e. The lowest BCUT2D eigenvalue weighted by atomic mass is 9.92. The van der Waals surface area contributed by atoms with Gasteiger partial charge in [0.1, 0.15) is 25.2 Å². The molecule has 0 saturated heterocycles. The molecule has 0 aromatic heterocycles. The monoisotopic (exact) mass is 376 g/mol. The van der Waals surface area contributed by atoms with Crippen molar-refractivity contribution < 1.29 is 36.4 Å². The van der Waals surface area contributed by atoms with Crippen molar-refractivity contribution in [2.24, 2.45) is 0 Å². The molecule has 0 aromatic carbocycles. The fourth-order valence-corrected chi connectivity index (χ4v) is 3.80. The molecule has 0 unspecified atom stereocenters. The van der Waals surface area contributed by atoms with Gasteiger partial charge in [0.05, 0.1) is 25.0 Å². The van der Waals surface area contributed by atoms with Crippen molar-refractivity contribution in [2.45, 2.75) is 13.8 Å². The quantitative estimate of drug-likeness (QED) is 0.403. The average Bonchev–Trinajstić information content (AvgIpc) is 2.57. The van der Waals surface area contributed by atoms with Crippen LogP contribution in [0.5, 0.6) is 0 Å². The highest BCUT2D eigenvalue weighted by Gasteiger charge is 2.39. The standard InChI is InChI=1S/C14H18N2O6S2/c1-3-15-21-23(17,18)13-7-5-12-10-14(8-6-11(12)9-13)24(19,20)22-16-4-2/h5-10,15-16H,3-4H2,1-2H3/q+2/p+2. The number of hydroxylamine groups is 2. The maximum atomic E-state index is 12.0. The lowest BCUT2D eigenvalue weighted by Gasteiger charge is -2.06. The lowest BCUT2D eigenvalue weighted by molar-refractivity contribution is -0.856. The molecule has 0 aromatic rings. The van der Waals surface area contributed by atoms with Crippen molar-refractivity contribution in [3.63, 3.8) is 0 Å². The van der Waals surface area contributed by atoms with E-state index in [1.165, 1.54) is 48.1 Å². The van der Waals surface area contributed by atoms with Crippen LogP contribution in [0.2, 0.25) is 0 Å². The van der Waals surface area contributed by atoms with E-state index in [1.54, 1.807) is 13.8 Å². The van der Waals surface area contributed by atoms with Gasteiger partial charge in [0.15, 0.2) is 11.1 Å². The van der Waals surface area contributed by atoms with Crippen LogP contribution in [0.1, 0.15) is 13.8 Å². The Morgan fingerprint density at radius 1 is 0.833 bits per heavy atom. The third kappa shape index (κ3) is 4.29. The summed E-state index contributed by atoms with van der Waals surface area (Å²) in [6.07, 6.45) is 8.67. The highest BCUT2D eigenvalue weighted by atomic mass is 32.2. The fourth-order valence-electron chi connectivity index (χ4n) is 1.94. The maximum Gasteiger partial charge on any atom is 0.386 e. The summed E-state index contributed by atoms with van der Waals surface area (Å²) in [6, 6.07) is 0. The van der Waals surface area contributed by atoms with E-state index in [1.807, 2.05) is 0 Å². The second-order valence-corrected chi connectivity index (χ2v) is 8.07. The van der Waals surface area contributed by atoms with Crippen LogP contribution < -0.4 is 11.0 Å². The number of allylic oxidation sites excluding steroid dienone is 6.